The molecule has 0 spiro atoms. The van der Waals surface area contributed by atoms with Crippen LogP contribution in [0, 0.1) is 13.8 Å². The van der Waals surface area contributed by atoms with Gasteiger partial charge >= 0.3 is 6.09 Å². The number of primary amides is 2. The van der Waals surface area contributed by atoms with Gasteiger partial charge in [0.2, 0.25) is 18.3 Å². The lowest BCUT2D eigenvalue weighted by molar-refractivity contribution is -0.114. The highest BCUT2D eigenvalue weighted by Crippen LogP contribution is 2.33. The van der Waals surface area contributed by atoms with Crippen LogP contribution in [0.4, 0.5) is 10.7 Å². The smallest absolute Gasteiger partial charge is 0.412 e. The van der Waals surface area contributed by atoms with E-state index >= 15 is 0 Å². The number of guanidine groups is 1. The molecule has 4 heterocycles. The number of aliphatic hydroxyl groups excluding tert-OH is 1. The van der Waals surface area contributed by atoms with E-state index in [1.165, 1.54) is 19.5 Å². The molecular formula is C58H90N16O11S. The number of aliphatic imine (C=N–C) groups is 2. The van der Waals surface area contributed by atoms with Crippen LogP contribution in [0.15, 0.2) is 93.6 Å². The molecule has 474 valence electrons. The summed E-state index contributed by atoms with van der Waals surface area (Å²) in [5.74, 6) is 2.82. The SMILES string of the molecule is CCOC(C)O.CCn1nc(C)cc1C=O.CCn1nc(C)cc1C=O.CN.CN=C1NC2CC(C(N)=O)=CC(OC/C=C/CN=C/C(=C\N)NC(=O)OC(C)(C)C)=C2N1C/C=C/Cn1c(NC)nc2cc(C=O)cc(OCCCSC)c21.NC=O. The first-order valence-electron chi connectivity index (χ1n) is 27.6. The van der Waals surface area contributed by atoms with Gasteiger partial charge in [-0.15, -0.1) is 0 Å². The molecule has 2 aliphatic rings. The number of nitrogens with zero attached hydrogens (tertiary/aromatic N) is 9. The average Bonchev–Trinajstić information content (AvgIpc) is 3.09. The van der Waals surface area contributed by atoms with Crippen LogP contribution in [0.3, 0.4) is 0 Å². The van der Waals surface area contributed by atoms with Gasteiger partial charge in [-0.1, -0.05) is 18.2 Å². The maximum Gasteiger partial charge on any atom is 0.412 e. The summed E-state index contributed by atoms with van der Waals surface area (Å²) in [6.45, 7) is 20.4. The summed E-state index contributed by atoms with van der Waals surface area (Å²) >= 11 is 1.75. The zero-order chi connectivity index (χ0) is 64.8. The number of amides is 3. The number of allylic oxidation sites excluding steroid dienone is 3. The molecule has 86 heavy (non-hydrogen) atoms. The number of nitrogens with one attached hydrogen (secondary N) is 3. The number of carbonyl (C=O) groups is 6. The minimum absolute atomic E-state index is 0.190. The van der Waals surface area contributed by atoms with E-state index in [0.29, 0.717) is 96.4 Å². The van der Waals surface area contributed by atoms with E-state index < -0.39 is 23.9 Å². The maximum absolute atomic E-state index is 12.3. The van der Waals surface area contributed by atoms with Crippen LogP contribution in [-0.2, 0) is 43.4 Å². The third kappa shape index (κ3) is 26.1. The molecule has 6 rings (SSSR count). The number of rotatable bonds is 25. The number of aliphatic hydroxyl groups is 1. The summed E-state index contributed by atoms with van der Waals surface area (Å²) in [5, 5.41) is 25.6. The Morgan fingerprint density at radius 2 is 1.55 bits per heavy atom. The van der Waals surface area contributed by atoms with Crippen molar-refractivity contribution >= 4 is 78.2 Å². The van der Waals surface area contributed by atoms with E-state index in [-0.39, 0.29) is 19.1 Å². The topological polar surface area (TPSA) is 381 Å². The highest BCUT2D eigenvalue weighted by molar-refractivity contribution is 7.98. The lowest BCUT2D eigenvalue weighted by Crippen LogP contribution is -2.32. The van der Waals surface area contributed by atoms with E-state index in [1.807, 2.05) is 56.2 Å². The quantitative estimate of drug-likeness (QED) is 0.0143. The van der Waals surface area contributed by atoms with Crippen LogP contribution in [-0.4, -0.2) is 173 Å². The molecule has 4 aromatic rings. The Labute approximate surface area is 508 Å². The monoisotopic (exact) mass is 1220 g/mol. The van der Waals surface area contributed by atoms with E-state index in [9.17, 15) is 24.0 Å². The summed E-state index contributed by atoms with van der Waals surface area (Å²) in [4.78, 5) is 80.7. The molecule has 2 unspecified atom stereocenters. The first-order chi connectivity index (χ1) is 41.2. The van der Waals surface area contributed by atoms with Crippen molar-refractivity contribution in [2.45, 2.75) is 113 Å². The molecule has 3 aromatic heterocycles. The Morgan fingerprint density at radius 3 is 2.02 bits per heavy atom. The van der Waals surface area contributed by atoms with Gasteiger partial charge in [0.1, 0.15) is 46.9 Å². The Balaban J connectivity index is 0.000000960. The second-order valence-electron chi connectivity index (χ2n) is 18.8. The lowest BCUT2D eigenvalue weighted by atomic mass is 9.96. The number of aryl methyl sites for hydroxylation is 4. The standard InChI is InChI=1S/C38H52N10O6S.2C7H10N2O.C4H10O2.CH3NO.CH5N/c1-38(2,3)54-37(51)44-27(22-39)23-43-12-7-10-15-52-31-21-26(34(40)50)20-29-33(31)48(36(42-5)46-29)14-9-8-13-47-32-28(45-35(47)41-4)18-25(24-49)19-30(32)53-16-11-17-55-6;2*1-3-9-7(5-10)4-6(2)8-9;1-3-6-4(2)5;2-1-3;1-2/h7-10,18-19,21-24,29H,11-17,20,39H2,1-6H3,(H2,40,50)(H,41,45)(H,42,46)(H,44,51);2*4-5H,3H2,1-2H3;4-5H,3H2,1-2H3;1H,(H2,2,3);2H2,1H3/b9-8+,10-7+,27-22+,43-23?;;;;;. The maximum atomic E-state index is 12.3. The number of anilines is 1. The van der Waals surface area contributed by atoms with Crippen molar-refractivity contribution in [1.82, 2.24) is 44.6 Å². The lowest BCUT2D eigenvalue weighted by Gasteiger charge is -2.25. The number of aldehydes is 3. The van der Waals surface area contributed by atoms with Crippen molar-refractivity contribution in [2.24, 2.45) is 32.9 Å². The van der Waals surface area contributed by atoms with Gasteiger partial charge < -0.3 is 67.1 Å². The van der Waals surface area contributed by atoms with Crippen molar-refractivity contribution in [3.05, 3.63) is 112 Å². The van der Waals surface area contributed by atoms with Crippen molar-refractivity contribution < 1.29 is 52.8 Å². The fraction of sp³-hybridized carbons (Fsp3) is 0.466. The molecule has 1 aromatic carbocycles. The van der Waals surface area contributed by atoms with Crippen LogP contribution >= 0.6 is 11.8 Å². The Kier molecular flexibility index (Phi) is 36.3. The Hall–Kier alpha value is -8.60. The number of aromatic nitrogens is 6. The molecule has 1 saturated heterocycles. The van der Waals surface area contributed by atoms with Gasteiger partial charge in [-0.2, -0.15) is 22.0 Å². The van der Waals surface area contributed by atoms with Crippen molar-refractivity contribution in [3.8, 4) is 5.75 Å². The Bertz CT molecular complexity index is 2930. The van der Waals surface area contributed by atoms with E-state index in [2.05, 4.69) is 58.6 Å². The summed E-state index contributed by atoms with van der Waals surface area (Å²) in [7, 11) is 5.00. The van der Waals surface area contributed by atoms with Gasteiger partial charge in [0.05, 0.1) is 47.5 Å². The summed E-state index contributed by atoms with van der Waals surface area (Å²) in [5.41, 5.74) is 26.0. The predicted molar refractivity (Wildman–Crippen MR) is 338 cm³/mol. The van der Waals surface area contributed by atoms with Crippen LogP contribution in [0.2, 0.25) is 0 Å². The normalized spacial score (nSPS) is 14.3. The summed E-state index contributed by atoms with van der Waals surface area (Å²) in [6, 6.07) is 6.79. The number of benzene rings is 1. The average molecular weight is 1220 g/mol. The van der Waals surface area contributed by atoms with Gasteiger partial charge in [0.15, 0.2) is 24.8 Å². The second kappa shape index (κ2) is 41.4. The fourth-order valence-corrected chi connectivity index (χ4v) is 8.27. The van der Waals surface area contributed by atoms with Crippen molar-refractivity contribution in [1.29, 1.82) is 0 Å². The number of thioether (sulfide) groups is 1. The minimum Gasteiger partial charge on any atom is -0.491 e. The van der Waals surface area contributed by atoms with Gasteiger partial charge in [-0.25, -0.2) is 9.78 Å². The zero-order valence-electron chi connectivity index (χ0n) is 51.9. The molecule has 0 radical (unpaired) electrons. The number of nitrogens with two attached hydrogens (primary N) is 4. The molecule has 12 N–H and O–H groups in total. The van der Waals surface area contributed by atoms with Crippen molar-refractivity contribution in [2.75, 3.05) is 71.4 Å². The van der Waals surface area contributed by atoms with E-state index in [4.69, 9.17) is 40.6 Å². The van der Waals surface area contributed by atoms with Crippen LogP contribution in [0.1, 0.15) is 104 Å². The summed E-state index contributed by atoms with van der Waals surface area (Å²) < 4.78 is 27.6. The highest BCUT2D eigenvalue weighted by Gasteiger charge is 2.38. The number of carbonyl (C=O) groups excluding carboxylic acids is 6. The number of hydrogen-bond donors (Lipinski definition) is 8. The molecule has 27 nitrogen and oxygen atoms in total. The molecule has 28 heteroatoms. The molecule has 1 aliphatic carbocycles. The molecule has 2 atom stereocenters. The predicted octanol–water partition coefficient (Wildman–Crippen LogP) is 4.92. The molecule has 0 bridgehead atoms. The first-order valence-corrected chi connectivity index (χ1v) is 29.0. The first kappa shape index (κ1) is 75.4. The van der Waals surface area contributed by atoms with Crippen molar-refractivity contribution in [3.63, 3.8) is 0 Å². The third-order valence-corrected chi connectivity index (χ3v) is 12.0. The zero-order valence-corrected chi connectivity index (χ0v) is 52.7. The summed E-state index contributed by atoms with van der Waals surface area (Å²) in [6.07, 6.45) is 16.8. The number of imidazole rings is 1. The number of hydrogen-bond acceptors (Lipinski definition) is 20. The molecule has 3 amide bonds. The molecular weight excluding hydrogens is 1130 g/mol. The highest BCUT2D eigenvalue weighted by atomic mass is 32.2. The van der Waals surface area contributed by atoms with E-state index in [0.717, 1.165) is 66.7 Å². The van der Waals surface area contributed by atoms with E-state index in [1.54, 1.807) is 105 Å². The second-order valence-corrected chi connectivity index (χ2v) is 19.8. The minimum atomic E-state index is -0.648. The third-order valence-electron chi connectivity index (χ3n) is 11.3. The Morgan fingerprint density at radius 1 is 0.930 bits per heavy atom. The van der Waals surface area contributed by atoms with Crippen LogP contribution in [0.25, 0.3) is 11.0 Å². The molecule has 1 fully saturated rings. The van der Waals surface area contributed by atoms with Gasteiger partial charge in [-0.05, 0) is 124 Å². The van der Waals surface area contributed by atoms with Crippen LogP contribution in [0.5, 0.6) is 5.75 Å². The van der Waals surface area contributed by atoms with Gasteiger partial charge in [-0.3, -0.25) is 48.6 Å². The molecule has 1 aliphatic heterocycles. The number of fused-ring (bicyclic) bond motifs is 2. The fourth-order valence-electron chi connectivity index (χ4n) is 7.87. The largest absolute Gasteiger partial charge is 0.491 e. The molecule has 0 saturated carbocycles. The van der Waals surface area contributed by atoms with Gasteiger partial charge in [0.25, 0.3) is 0 Å². The number of alkyl carbamates (subject to hydrolysis) is 1. The van der Waals surface area contributed by atoms with Crippen LogP contribution < -0.4 is 43.6 Å². The number of ether oxygens (including phenoxy) is 4. The van der Waals surface area contributed by atoms with Gasteiger partial charge in [0, 0.05) is 76.9 Å².